The van der Waals surface area contributed by atoms with Gasteiger partial charge in [-0.2, -0.15) is 5.10 Å². The number of hydrogen-bond acceptors (Lipinski definition) is 4. The average Bonchev–Trinajstić information content (AvgIpc) is 3.31. The molecule has 0 aliphatic carbocycles. The molecule has 27 heavy (non-hydrogen) atoms. The number of benzene rings is 1. The molecule has 7 nitrogen and oxygen atoms in total. The molecule has 4 rings (SSSR count). The van der Waals surface area contributed by atoms with Crippen LogP contribution in [0.3, 0.4) is 0 Å². The lowest BCUT2D eigenvalue weighted by molar-refractivity contribution is 0.416. The Morgan fingerprint density at radius 1 is 1.26 bits per heavy atom. The monoisotopic (exact) mass is 363 g/mol. The predicted octanol–water partition coefficient (Wildman–Crippen LogP) is 3.01. The maximum Gasteiger partial charge on any atom is 0.272 e. The molecule has 4 aromatic rings. The number of aromatic nitrogens is 5. The van der Waals surface area contributed by atoms with Crippen LogP contribution < -0.4 is 10.3 Å². The first-order valence-corrected chi connectivity index (χ1v) is 8.82. The Kier molecular flexibility index (Phi) is 4.27. The van der Waals surface area contributed by atoms with Gasteiger partial charge in [-0.1, -0.05) is 12.1 Å². The molecule has 0 fully saturated rings. The molecule has 0 amide bonds. The number of ether oxygens (including phenoxy) is 1. The van der Waals surface area contributed by atoms with Crippen molar-refractivity contribution in [2.45, 2.75) is 26.3 Å². The lowest BCUT2D eigenvalue weighted by Crippen LogP contribution is -2.18. The van der Waals surface area contributed by atoms with Gasteiger partial charge in [-0.3, -0.25) is 14.6 Å². The molecule has 0 bridgehead atoms. The number of H-pyrrole nitrogens is 1. The van der Waals surface area contributed by atoms with Gasteiger partial charge in [-0.05, 0) is 32.0 Å². The topological polar surface area (TPSA) is 77.2 Å². The third-order valence-electron chi connectivity index (χ3n) is 4.76. The number of fused-ring (bicyclic) bond motifs is 1. The van der Waals surface area contributed by atoms with Crippen LogP contribution in [-0.4, -0.2) is 31.5 Å². The first kappa shape index (κ1) is 17.1. The molecule has 1 aromatic carbocycles. The fourth-order valence-corrected chi connectivity index (χ4v) is 3.35. The van der Waals surface area contributed by atoms with Gasteiger partial charge in [0, 0.05) is 36.0 Å². The molecule has 0 saturated heterocycles. The highest BCUT2D eigenvalue weighted by atomic mass is 16.5. The first-order chi connectivity index (χ1) is 13.1. The Labute approximate surface area is 156 Å². The molecule has 0 unspecified atom stereocenters. The number of nitrogens with zero attached hydrogens (tertiary/aromatic N) is 4. The molecule has 3 aromatic heterocycles. The second-order valence-electron chi connectivity index (χ2n) is 6.60. The van der Waals surface area contributed by atoms with Crippen LogP contribution in [0.1, 0.15) is 24.2 Å². The fraction of sp³-hybridized carbons (Fsp3) is 0.250. The molecule has 0 saturated carbocycles. The summed E-state index contributed by atoms with van der Waals surface area (Å²) in [6.45, 7) is 4.02. The molecule has 0 aliphatic rings. The van der Waals surface area contributed by atoms with Crippen LogP contribution in [0.2, 0.25) is 0 Å². The Morgan fingerprint density at radius 2 is 2.07 bits per heavy atom. The van der Waals surface area contributed by atoms with E-state index in [4.69, 9.17) is 9.72 Å². The quantitative estimate of drug-likeness (QED) is 0.591. The summed E-state index contributed by atoms with van der Waals surface area (Å²) in [5, 5.41) is 7.44. The molecular formula is C20H21N5O2. The third-order valence-corrected chi connectivity index (χ3v) is 4.76. The van der Waals surface area contributed by atoms with Gasteiger partial charge in [0.25, 0.3) is 5.56 Å². The van der Waals surface area contributed by atoms with E-state index in [-0.39, 0.29) is 11.6 Å². The van der Waals surface area contributed by atoms with E-state index in [9.17, 15) is 4.79 Å². The largest absolute Gasteiger partial charge is 0.496 e. The number of para-hydroxylation sites is 1. The Bertz CT molecular complexity index is 1140. The van der Waals surface area contributed by atoms with Gasteiger partial charge in [-0.25, -0.2) is 9.50 Å². The van der Waals surface area contributed by atoms with Crippen molar-refractivity contribution in [1.82, 2.24) is 24.4 Å². The van der Waals surface area contributed by atoms with E-state index in [2.05, 4.69) is 17.1 Å². The highest BCUT2D eigenvalue weighted by Gasteiger charge is 2.17. The van der Waals surface area contributed by atoms with Crippen molar-refractivity contribution in [3.05, 3.63) is 70.4 Å². The van der Waals surface area contributed by atoms with E-state index in [1.807, 2.05) is 48.1 Å². The van der Waals surface area contributed by atoms with E-state index >= 15 is 0 Å². The molecule has 7 heteroatoms. The maximum atomic E-state index is 12.7. The summed E-state index contributed by atoms with van der Waals surface area (Å²) in [5.41, 5.74) is 3.88. The van der Waals surface area contributed by atoms with Gasteiger partial charge < -0.3 is 4.74 Å². The highest BCUT2D eigenvalue weighted by molar-refractivity contribution is 5.74. The van der Waals surface area contributed by atoms with Crippen molar-refractivity contribution in [1.29, 1.82) is 0 Å². The van der Waals surface area contributed by atoms with E-state index in [1.54, 1.807) is 19.4 Å². The first-order valence-electron chi connectivity index (χ1n) is 8.82. The average molecular weight is 363 g/mol. The number of aromatic amines is 1. The van der Waals surface area contributed by atoms with E-state index in [0.29, 0.717) is 12.1 Å². The van der Waals surface area contributed by atoms with Crippen molar-refractivity contribution in [2.24, 2.45) is 0 Å². The number of rotatable bonds is 5. The van der Waals surface area contributed by atoms with Crippen LogP contribution in [0.15, 0.2) is 53.6 Å². The maximum absolute atomic E-state index is 12.7. The summed E-state index contributed by atoms with van der Waals surface area (Å²) in [4.78, 5) is 17.4. The number of aryl methyl sites for hydroxylation is 1. The fourth-order valence-electron chi connectivity index (χ4n) is 3.35. The minimum atomic E-state index is -0.132. The van der Waals surface area contributed by atoms with Crippen molar-refractivity contribution < 1.29 is 4.74 Å². The van der Waals surface area contributed by atoms with Crippen LogP contribution in [0.4, 0.5) is 0 Å². The summed E-state index contributed by atoms with van der Waals surface area (Å²) in [5.74, 6) is 0.743. The van der Waals surface area contributed by atoms with Crippen molar-refractivity contribution >= 4 is 5.65 Å². The van der Waals surface area contributed by atoms with Gasteiger partial charge in [0.2, 0.25) is 0 Å². The zero-order chi connectivity index (χ0) is 19.0. The van der Waals surface area contributed by atoms with E-state index in [1.165, 1.54) is 4.52 Å². The van der Waals surface area contributed by atoms with Crippen molar-refractivity contribution in [2.75, 3.05) is 7.11 Å². The van der Waals surface area contributed by atoms with Gasteiger partial charge in [-0.15, -0.1) is 0 Å². The summed E-state index contributed by atoms with van der Waals surface area (Å²) in [6.07, 6.45) is 4.29. The Balaban J connectivity index is 1.79. The number of hydrogen-bond donors (Lipinski definition) is 1. The smallest absolute Gasteiger partial charge is 0.272 e. The van der Waals surface area contributed by atoms with Crippen molar-refractivity contribution in [3.8, 4) is 17.0 Å². The van der Waals surface area contributed by atoms with Crippen LogP contribution in [0.5, 0.6) is 5.75 Å². The summed E-state index contributed by atoms with van der Waals surface area (Å²) >= 11 is 0. The molecule has 0 radical (unpaired) electrons. The summed E-state index contributed by atoms with van der Waals surface area (Å²) in [7, 11) is 1.63. The van der Waals surface area contributed by atoms with E-state index in [0.717, 1.165) is 28.3 Å². The van der Waals surface area contributed by atoms with Crippen molar-refractivity contribution in [3.63, 3.8) is 0 Å². The summed E-state index contributed by atoms with van der Waals surface area (Å²) < 4.78 is 8.82. The minimum Gasteiger partial charge on any atom is -0.496 e. The SMILES string of the molecule is COc1ccccc1-c1[nH]n2c(=O)cc(C[C@@H](C)n3cccn3)nc2c1C. The van der Waals surface area contributed by atoms with Crippen LogP contribution in [-0.2, 0) is 6.42 Å². The zero-order valence-corrected chi connectivity index (χ0v) is 15.5. The standard InChI is InChI=1S/C20H21N5O2/c1-13(24-10-6-9-21-24)11-15-12-18(26)25-20(22-15)14(2)19(23-25)16-7-4-5-8-17(16)27-3/h4-10,12-13,23H,11H2,1-3H3/t13-/m1/s1. The molecule has 1 N–H and O–H groups in total. The highest BCUT2D eigenvalue weighted by Crippen LogP contribution is 2.31. The molecule has 0 spiro atoms. The normalized spacial score (nSPS) is 12.4. The van der Waals surface area contributed by atoms with Gasteiger partial charge in [0.1, 0.15) is 5.75 Å². The second-order valence-corrected chi connectivity index (χ2v) is 6.60. The van der Waals surface area contributed by atoms with E-state index < -0.39 is 0 Å². The minimum absolute atomic E-state index is 0.113. The Hall–Kier alpha value is -3.35. The number of nitrogens with one attached hydrogen (secondary N) is 1. The molecule has 3 heterocycles. The number of methoxy groups -OCH3 is 1. The Morgan fingerprint density at radius 3 is 2.81 bits per heavy atom. The van der Waals surface area contributed by atoms with Gasteiger partial charge in [0.05, 0.1) is 24.5 Å². The second kappa shape index (κ2) is 6.75. The van der Waals surface area contributed by atoms with Gasteiger partial charge in [0.15, 0.2) is 5.65 Å². The molecule has 1 atom stereocenters. The van der Waals surface area contributed by atoms with Crippen LogP contribution >= 0.6 is 0 Å². The molecule has 0 aliphatic heterocycles. The molecular weight excluding hydrogens is 342 g/mol. The summed E-state index contributed by atoms with van der Waals surface area (Å²) in [6, 6.07) is 11.3. The van der Waals surface area contributed by atoms with Gasteiger partial charge >= 0.3 is 0 Å². The third kappa shape index (κ3) is 3.01. The zero-order valence-electron chi connectivity index (χ0n) is 15.5. The van der Waals surface area contributed by atoms with Crippen LogP contribution in [0, 0.1) is 6.92 Å². The van der Waals surface area contributed by atoms with Crippen LogP contribution in [0.25, 0.3) is 16.9 Å². The predicted molar refractivity (Wildman–Crippen MR) is 103 cm³/mol. The molecule has 138 valence electrons. The lowest BCUT2D eigenvalue weighted by Gasteiger charge is -2.11. The lowest BCUT2D eigenvalue weighted by atomic mass is 10.1.